The molecule has 1 N–H and O–H groups in total. The predicted molar refractivity (Wildman–Crippen MR) is 73.7 cm³/mol. The fraction of sp³-hybridized carbons (Fsp3) is 0.571. The third-order valence-corrected chi connectivity index (χ3v) is 4.14. The van der Waals surface area contributed by atoms with Gasteiger partial charge in [0, 0.05) is 10.6 Å². The zero-order valence-corrected chi connectivity index (χ0v) is 11.4. The summed E-state index contributed by atoms with van der Waals surface area (Å²) >= 11 is 6.05. The van der Waals surface area contributed by atoms with E-state index in [0.717, 1.165) is 11.4 Å². The molecule has 1 aliphatic rings. The molecule has 2 nitrogen and oxygen atoms in total. The van der Waals surface area contributed by atoms with Crippen molar-refractivity contribution in [3.05, 3.63) is 34.9 Å². The van der Waals surface area contributed by atoms with Gasteiger partial charge in [-0.05, 0) is 64.1 Å². The smallest absolute Gasteiger partial charge is 0.0408 e. The summed E-state index contributed by atoms with van der Waals surface area (Å²) in [6, 6.07) is 8.23. The topological polar surface area (TPSA) is 15.3 Å². The van der Waals surface area contributed by atoms with Crippen molar-refractivity contribution in [1.29, 1.82) is 0 Å². The van der Waals surface area contributed by atoms with Gasteiger partial charge in [0.25, 0.3) is 0 Å². The number of likely N-dealkylation sites (tertiary alicyclic amines) is 1. The third kappa shape index (κ3) is 3.21. The maximum atomic E-state index is 6.05. The van der Waals surface area contributed by atoms with Crippen LogP contribution in [0, 0.1) is 0 Å². The molecular formula is C14H21ClN2. The Bertz CT molecular complexity index is 370. The quantitative estimate of drug-likeness (QED) is 0.890. The van der Waals surface area contributed by atoms with Crippen molar-refractivity contribution in [3.63, 3.8) is 0 Å². The third-order valence-electron chi connectivity index (χ3n) is 3.91. The van der Waals surface area contributed by atoms with E-state index in [-0.39, 0.29) is 5.54 Å². The van der Waals surface area contributed by atoms with Gasteiger partial charge in [0.2, 0.25) is 0 Å². The van der Waals surface area contributed by atoms with Crippen molar-refractivity contribution in [2.24, 2.45) is 0 Å². The summed E-state index contributed by atoms with van der Waals surface area (Å²) in [4.78, 5) is 2.40. The molecule has 94 valence electrons. The van der Waals surface area contributed by atoms with E-state index in [2.05, 4.69) is 36.4 Å². The molecule has 0 aliphatic carbocycles. The number of nitrogens with one attached hydrogen (secondary N) is 1. The Hall–Kier alpha value is -0.570. The van der Waals surface area contributed by atoms with Crippen molar-refractivity contribution >= 4 is 11.6 Å². The Morgan fingerprint density at radius 1 is 1.35 bits per heavy atom. The average molecular weight is 253 g/mol. The molecular weight excluding hydrogens is 232 g/mol. The van der Waals surface area contributed by atoms with E-state index >= 15 is 0 Å². The number of hydrogen-bond acceptors (Lipinski definition) is 2. The van der Waals surface area contributed by atoms with E-state index in [9.17, 15) is 0 Å². The molecule has 0 radical (unpaired) electrons. The van der Waals surface area contributed by atoms with Gasteiger partial charge in [0.15, 0.2) is 0 Å². The number of nitrogens with zero attached hydrogens (tertiary/aromatic N) is 1. The van der Waals surface area contributed by atoms with Gasteiger partial charge >= 0.3 is 0 Å². The van der Waals surface area contributed by atoms with Gasteiger partial charge in [0.1, 0.15) is 0 Å². The van der Waals surface area contributed by atoms with E-state index in [4.69, 9.17) is 11.6 Å². The number of benzene rings is 1. The minimum atomic E-state index is 0.247. The van der Waals surface area contributed by atoms with E-state index in [0.29, 0.717) is 0 Å². The van der Waals surface area contributed by atoms with Crippen LogP contribution in [0.25, 0.3) is 0 Å². The summed E-state index contributed by atoms with van der Waals surface area (Å²) in [5.41, 5.74) is 1.58. The van der Waals surface area contributed by atoms with Crippen LogP contribution in [0.5, 0.6) is 0 Å². The Labute approximate surface area is 109 Å². The molecule has 17 heavy (non-hydrogen) atoms. The Morgan fingerprint density at radius 3 is 2.65 bits per heavy atom. The highest BCUT2D eigenvalue weighted by Gasteiger charge is 2.31. The van der Waals surface area contributed by atoms with Crippen LogP contribution < -0.4 is 5.32 Å². The Balaban J connectivity index is 2.09. The largest absolute Gasteiger partial charge is 0.314 e. The Kier molecular flexibility index (Phi) is 4.08. The van der Waals surface area contributed by atoms with Crippen molar-refractivity contribution in [2.45, 2.75) is 24.8 Å². The molecule has 0 saturated carbocycles. The molecule has 2 rings (SSSR count). The van der Waals surface area contributed by atoms with Gasteiger partial charge in [-0.3, -0.25) is 0 Å². The van der Waals surface area contributed by atoms with Gasteiger partial charge in [-0.2, -0.15) is 0 Å². The lowest BCUT2D eigenvalue weighted by molar-refractivity contribution is 0.163. The fourth-order valence-electron chi connectivity index (χ4n) is 2.60. The Morgan fingerprint density at radius 2 is 2.06 bits per heavy atom. The summed E-state index contributed by atoms with van der Waals surface area (Å²) in [5, 5.41) is 4.37. The van der Waals surface area contributed by atoms with Crippen LogP contribution in [0.15, 0.2) is 24.3 Å². The number of piperidine rings is 1. The van der Waals surface area contributed by atoms with Gasteiger partial charge in [-0.25, -0.2) is 0 Å². The number of rotatable bonds is 3. The number of hydrogen-bond donors (Lipinski definition) is 1. The first-order valence-corrected chi connectivity index (χ1v) is 6.63. The van der Waals surface area contributed by atoms with Crippen molar-refractivity contribution in [2.75, 3.05) is 27.2 Å². The molecule has 0 bridgehead atoms. The average Bonchev–Trinajstić information content (AvgIpc) is 2.33. The van der Waals surface area contributed by atoms with E-state index in [1.54, 1.807) is 0 Å². The van der Waals surface area contributed by atoms with Crippen LogP contribution in [-0.2, 0) is 6.42 Å². The van der Waals surface area contributed by atoms with Crippen LogP contribution in [-0.4, -0.2) is 37.6 Å². The summed E-state index contributed by atoms with van der Waals surface area (Å²) in [7, 11) is 4.27. The molecule has 1 saturated heterocycles. The number of halogens is 1. The second-order valence-corrected chi connectivity index (χ2v) is 5.58. The van der Waals surface area contributed by atoms with Crippen LogP contribution in [0.4, 0.5) is 0 Å². The van der Waals surface area contributed by atoms with E-state index in [1.165, 1.54) is 31.5 Å². The molecule has 0 spiro atoms. The lowest BCUT2D eigenvalue weighted by atomic mass is 9.82. The summed E-state index contributed by atoms with van der Waals surface area (Å²) in [6.45, 7) is 2.34. The van der Waals surface area contributed by atoms with Crippen molar-refractivity contribution in [1.82, 2.24) is 10.2 Å². The molecule has 0 unspecified atom stereocenters. The molecule has 3 heteroatoms. The van der Waals surface area contributed by atoms with Gasteiger partial charge in [0.05, 0.1) is 0 Å². The molecule has 1 aromatic carbocycles. The van der Waals surface area contributed by atoms with E-state index in [1.807, 2.05) is 12.1 Å². The maximum absolute atomic E-state index is 6.05. The molecule has 1 heterocycles. The SMILES string of the molecule is CNC1(Cc2cccc(Cl)c2)CCN(C)CC1. The standard InChI is InChI=1S/C14H21ClN2/c1-16-14(6-8-17(2)9-7-14)11-12-4-3-5-13(15)10-12/h3-5,10,16H,6-9,11H2,1-2H3. The van der Waals surface area contributed by atoms with Crippen LogP contribution >= 0.6 is 11.6 Å². The lowest BCUT2D eigenvalue weighted by Gasteiger charge is -2.41. The molecule has 1 fully saturated rings. The molecule has 0 atom stereocenters. The minimum absolute atomic E-state index is 0.247. The van der Waals surface area contributed by atoms with Crippen molar-refractivity contribution < 1.29 is 0 Å². The highest BCUT2D eigenvalue weighted by atomic mass is 35.5. The van der Waals surface area contributed by atoms with E-state index < -0.39 is 0 Å². The first-order chi connectivity index (χ1) is 8.13. The normalized spacial score (nSPS) is 20.4. The second kappa shape index (κ2) is 5.38. The first kappa shape index (κ1) is 12.9. The zero-order chi connectivity index (χ0) is 12.3. The monoisotopic (exact) mass is 252 g/mol. The highest BCUT2D eigenvalue weighted by molar-refractivity contribution is 6.30. The predicted octanol–water partition coefficient (Wildman–Crippen LogP) is 2.57. The first-order valence-electron chi connectivity index (χ1n) is 6.25. The molecule has 0 amide bonds. The van der Waals surface area contributed by atoms with Gasteiger partial charge in [-0.1, -0.05) is 23.7 Å². The van der Waals surface area contributed by atoms with Crippen molar-refractivity contribution in [3.8, 4) is 0 Å². The molecule has 1 aliphatic heterocycles. The lowest BCUT2D eigenvalue weighted by Crippen LogP contribution is -2.52. The number of likely N-dealkylation sites (N-methyl/N-ethyl adjacent to an activating group) is 1. The molecule has 0 aromatic heterocycles. The second-order valence-electron chi connectivity index (χ2n) is 5.14. The maximum Gasteiger partial charge on any atom is 0.0408 e. The summed E-state index contributed by atoms with van der Waals surface area (Å²) in [6.07, 6.45) is 3.47. The summed E-state index contributed by atoms with van der Waals surface area (Å²) in [5.74, 6) is 0. The van der Waals surface area contributed by atoms with Crippen LogP contribution in [0.2, 0.25) is 5.02 Å². The van der Waals surface area contributed by atoms with Crippen LogP contribution in [0.1, 0.15) is 18.4 Å². The minimum Gasteiger partial charge on any atom is -0.314 e. The van der Waals surface area contributed by atoms with Gasteiger partial charge < -0.3 is 10.2 Å². The van der Waals surface area contributed by atoms with Crippen LogP contribution in [0.3, 0.4) is 0 Å². The highest BCUT2D eigenvalue weighted by Crippen LogP contribution is 2.26. The van der Waals surface area contributed by atoms with Gasteiger partial charge in [-0.15, -0.1) is 0 Å². The zero-order valence-electron chi connectivity index (χ0n) is 10.7. The molecule has 1 aromatic rings. The fourth-order valence-corrected chi connectivity index (χ4v) is 2.81. The summed E-state index contributed by atoms with van der Waals surface area (Å²) < 4.78 is 0.